The molecule has 0 radical (unpaired) electrons. The molecule has 1 aromatic heterocycles. The van der Waals surface area contributed by atoms with Crippen LogP contribution in [0.2, 0.25) is 0 Å². The summed E-state index contributed by atoms with van der Waals surface area (Å²) >= 11 is 0. The van der Waals surface area contributed by atoms with Crippen molar-refractivity contribution in [2.75, 3.05) is 10.6 Å². The van der Waals surface area contributed by atoms with E-state index in [9.17, 15) is 14.9 Å². The first-order valence-electron chi connectivity index (χ1n) is 6.33. The van der Waals surface area contributed by atoms with E-state index in [1.807, 2.05) is 0 Å². The smallest absolute Gasteiger partial charge is 0.294 e. The molecule has 1 aromatic carbocycles. The fourth-order valence-electron chi connectivity index (χ4n) is 2.20. The van der Waals surface area contributed by atoms with E-state index in [4.69, 9.17) is 0 Å². The number of hydrogen-bond donors (Lipinski definition) is 3. The second-order valence-electron chi connectivity index (χ2n) is 4.62. The van der Waals surface area contributed by atoms with Crippen molar-refractivity contribution >= 4 is 23.0 Å². The number of rotatable bonds is 4. The van der Waals surface area contributed by atoms with Crippen LogP contribution in [0, 0.1) is 10.1 Å². The number of benzene rings is 1. The maximum Gasteiger partial charge on any atom is 0.294 e. The first-order chi connectivity index (χ1) is 10.1. The van der Waals surface area contributed by atoms with E-state index in [1.54, 1.807) is 6.07 Å². The number of hydrogen-bond acceptors (Lipinski definition) is 6. The van der Waals surface area contributed by atoms with Crippen molar-refractivity contribution in [1.82, 2.24) is 15.2 Å². The highest BCUT2D eigenvalue weighted by atomic mass is 16.6. The predicted octanol–water partition coefficient (Wildman–Crippen LogP) is 1.21. The SMILES string of the molecule is O=C1CCc2cc(NCc3ncn[nH]3)c([N+](=O)[O-])cc2N1. The normalized spacial score (nSPS) is 13.4. The van der Waals surface area contributed by atoms with Gasteiger partial charge in [-0.15, -0.1) is 0 Å². The predicted molar refractivity (Wildman–Crippen MR) is 73.8 cm³/mol. The Labute approximate surface area is 118 Å². The summed E-state index contributed by atoms with van der Waals surface area (Å²) in [6, 6.07) is 3.08. The number of amides is 1. The quantitative estimate of drug-likeness (QED) is 0.573. The Morgan fingerprint density at radius 1 is 1.38 bits per heavy atom. The molecule has 0 bridgehead atoms. The molecule has 1 amide bonds. The van der Waals surface area contributed by atoms with Crippen LogP contribution in [0.1, 0.15) is 17.8 Å². The van der Waals surface area contributed by atoms with Crippen LogP contribution >= 0.6 is 0 Å². The minimum absolute atomic E-state index is 0.0875. The van der Waals surface area contributed by atoms with Gasteiger partial charge in [0.15, 0.2) is 0 Å². The lowest BCUT2D eigenvalue weighted by molar-refractivity contribution is -0.383. The van der Waals surface area contributed by atoms with Crippen LogP contribution in [0.25, 0.3) is 0 Å². The molecule has 0 atom stereocenters. The Morgan fingerprint density at radius 3 is 2.95 bits per heavy atom. The number of aryl methyl sites for hydroxylation is 1. The van der Waals surface area contributed by atoms with Crippen molar-refractivity contribution in [3.8, 4) is 0 Å². The zero-order valence-corrected chi connectivity index (χ0v) is 10.9. The van der Waals surface area contributed by atoms with E-state index in [0.717, 1.165) is 5.56 Å². The molecule has 0 saturated heterocycles. The summed E-state index contributed by atoms with van der Waals surface area (Å²) < 4.78 is 0. The monoisotopic (exact) mass is 288 g/mol. The lowest BCUT2D eigenvalue weighted by atomic mass is 10.0. The minimum Gasteiger partial charge on any atom is -0.372 e. The van der Waals surface area contributed by atoms with Crippen LogP contribution in [0.5, 0.6) is 0 Å². The molecule has 2 aromatic rings. The Hall–Kier alpha value is -2.97. The number of nitro groups is 1. The third-order valence-corrected chi connectivity index (χ3v) is 3.22. The van der Waals surface area contributed by atoms with Gasteiger partial charge in [-0.3, -0.25) is 20.0 Å². The number of nitrogens with zero attached hydrogens (tertiary/aromatic N) is 3. The summed E-state index contributed by atoms with van der Waals surface area (Å²) in [5.74, 6) is 0.453. The van der Waals surface area contributed by atoms with Gasteiger partial charge in [-0.2, -0.15) is 5.10 Å². The second-order valence-corrected chi connectivity index (χ2v) is 4.62. The highest BCUT2D eigenvalue weighted by Gasteiger charge is 2.22. The van der Waals surface area contributed by atoms with Crippen LogP contribution in [0.4, 0.5) is 17.1 Å². The molecule has 9 nitrogen and oxygen atoms in total. The molecule has 0 unspecified atom stereocenters. The van der Waals surface area contributed by atoms with Crippen LogP contribution in [-0.4, -0.2) is 26.0 Å². The van der Waals surface area contributed by atoms with Gasteiger partial charge < -0.3 is 10.6 Å². The van der Waals surface area contributed by atoms with Gasteiger partial charge in [0.25, 0.3) is 5.69 Å². The third-order valence-electron chi connectivity index (χ3n) is 3.22. The van der Waals surface area contributed by atoms with E-state index in [0.29, 0.717) is 36.6 Å². The van der Waals surface area contributed by atoms with Crippen LogP contribution < -0.4 is 10.6 Å². The molecule has 2 heterocycles. The number of nitrogens with one attached hydrogen (secondary N) is 3. The van der Waals surface area contributed by atoms with Crippen molar-refractivity contribution in [2.45, 2.75) is 19.4 Å². The fourth-order valence-corrected chi connectivity index (χ4v) is 2.20. The molecule has 9 heteroatoms. The number of fused-ring (bicyclic) bond motifs is 1. The van der Waals surface area contributed by atoms with Gasteiger partial charge in [-0.1, -0.05) is 0 Å². The Balaban J connectivity index is 1.91. The summed E-state index contributed by atoms with van der Waals surface area (Å²) in [5.41, 5.74) is 1.69. The molecule has 108 valence electrons. The third kappa shape index (κ3) is 2.66. The zero-order chi connectivity index (χ0) is 14.8. The molecule has 3 N–H and O–H groups in total. The van der Waals surface area contributed by atoms with Gasteiger partial charge in [-0.25, -0.2) is 4.98 Å². The number of aromatic nitrogens is 3. The molecule has 0 fully saturated rings. The lowest BCUT2D eigenvalue weighted by Crippen LogP contribution is -2.19. The highest BCUT2D eigenvalue weighted by Crippen LogP contribution is 2.34. The molecule has 1 aliphatic rings. The number of aromatic amines is 1. The van der Waals surface area contributed by atoms with Gasteiger partial charge >= 0.3 is 0 Å². The van der Waals surface area contributed by atoms with E-state index < -0.39 is 4.92 Å². The lowest BCUT2D eigenvalue weighted by Gasteiger charge is -2.18. The topological polar surface area (TPSA) is 126 Å². The molecular weight excluding hydrogens is 276 g/mol. The number of nitro benzene ring substituents is 1. The Morgan fingerprint density at radius 2 is 2.24 bits per heavy atom. The van der Waals surface area contributed by atoms with Gasteiger partial charge in [0.2, 0.25) is 5.91 Å². The van der Waals surface area contributed by atoms with Crippen LogP contribution in [0.3, 0.4) is 0 Å². The van der Waals surface area contributed by atoms with Gasteiger partial charge in [0, 0.05) is 12.5 Å². The number of carbonyl (C=O) groups is 1. The van der Waals surface area contributed by atoms with E-state index >= 15 is 0 Å². The molecule has 3 rings (SSSR count). The average molecular weight is 288 g/mol. The number of H-pyrrole nitrogens is 1. The van der Waals surface area contributed by atoms with Crippen LogP contribution in [0.15, 0.2) is 18.5 Å². The summed E-state index contributed by atoms with van der Waals surface area (Å²) in [7, 11) is 0. The first kappa shape index (κ1) is 13.0. The summed E-state index contributed by atoms with van der Waals surface area (Å²) in [6.07, 6.45) is 2.32. The molecule has 1 aliphatic heterocycles. The standard InChI is InChI=1S/C12H12N6O3/c19-12-2-1-7-3-9(13-5-11-14-6-15-17-11)10(18(20)21)4-8(7)16-12/h3-4,6,13H,1-2,5H2,(H,16,19)(H,14,15,17). The minimum atomic E-state index is -0.482. The van der Waals surface area contributed by atoms with E-state index in [2.05, 4.69) is 25.8 Å². The molecule has 0 saturated carbocycles. The molecule has 21 heavy (non-hydrogen) atoms. The Bertz CT molecular complexity index is 697. The maximum absolute atomic E-state index is 11.4. The molecule has 0 aliphatic carbocycles. The van der Waals surface area contributed by atoms with Crippen molar-refractivity contribution in [3.05, 3.63) is 40.0 Å². The highest BCUT2D eigenvalue weighted by molar-refractivity contribution is 5.95. The largest absolute Gasteiger partial charge is 0.372 e. The van der Waals surface area contributed by atoms with Crippen LogP contribution in [-0.2, 0) is 17.8 Å². The fraction of sp³-hybridized carbons (Fsp3) is 0.250. The van der Waals surface area contributed by atoms with E-state index in [-0.39, 0.29) is 11.6 Å². The van der Waals surface area contributed by atoms with Crippen molar-refractivity contribution in [2.24, 2.45) is 0 Å². The van der Waals surface area contributed by atoms with E-state index in [1.165, 1.54) is 12.4 Å². The van der Waals surface area contributed by atoms with Gasteiger partial charge in [0.1, 0.15) is 17.8 Å². The number of anilines is 2. The zero-order valence-electron chi connectivity index (χ0n) is 10.9. The van der Waals surface area contributed by atoms with Gasteiger partial charge in [0.05, 0.1) is 17.2 Å². The van der Waals surface area contributed by atoms with Crippen molar-refractivity contribution in [1.29, 1.82) is 0 Å². The molecular formula is C12H12N6O3. The Kier molecular flexibility index (Phi) is 3.22. The summed E-state index contributed by atoms with van der Waals surface area (Å²) in [5, 5.41) is 23.2. The van der Waals surface area contributed by atoms with Gasteiger partial charge in [-0.05, 0) is 18.1 Å². The second kappa shape index (κ2) is 5.19. The molecule has 0 spiro atoms. The van der Waals surface area contributed by atoms with Crippen molar-refractivity contribution < 1.29 is 9.72 Å². The van der Waals surface area contributed by atoms with Crippen molar-refractivity contribution in [3.63, 3.8) is 0 Å². The number of carbonyl (C=O) groups excluding carboxylic acids is 1. The average Bonchev–Trinajstić information content (AvgIpc) is 2.97. The maximum atomic E-state index is 11.4. The summed E-state index contributed by atoms with van der Waals surface area (Å²) in [6.45, 7) is 0.298. The summed E-state index contributed by atoms with van der Waals surface area (Å²) in [4.78, 5) is 26.0. The first-order valence-corrected chi connectivity index (χ1v) is 6.33.